The minimum atomic E-state index is -0.294. The van der Waals surface area contributed by atoms with Crippen molar-refractivity contribution < 1.29 is 19.1 Å². The molecule has 1 N–H and O–H groups in total. The van der Waals surface area contributed by atoms with Gasteiger partial charge in [-0.2, -0.15) is 5.10 Å². The Hall–Kier alpha value is -4.94. The molecule has 2 aromatic heterocycles. The van der Waals surface area contributed by atoms with Gasteiger partial charge in [0.05, 0.1) is 48.7 Å². The molecule has 3 aromatic carbocycles. The van der Waals surface area contributed by atoms with Gasteiger partial charge in [-0.3, -0.25) is 14.2 Å². The van der Waals surface area contributed by atoms with E-state index in [2.05, 4.69) is 15.5 Å². The van der Waals surface area contributed by atoms with Gasteiger partial charge in [0.2, 0.25) is 0 Å². The van der Waals surface area contributed by atoms with E-state index in [1.807, 2.05) is 82.7 Å². The molecule has 45 heavy (non-hydrogen) atoms. The lowest BCUT2D eigenvalue weighted by atomic mass is 10.0. The molecular weight excluding hydrogens is 609 g/mol. The Morgan fingerprint density at radius 1 is 0.933 bits per heavy atom. The zero-order chi connectivity index (χ0) is 31.2. The van der Waals surface area contributed by atoms with E-state index < -0.39 is 0 Å². The summed E-state index contributed by atoms with van der Waals surface area (Å²) in [6, 6.07) is 28.1. The van der Waals surface area contributed by atoms with Gasteiger partial charge in [-0.05, 0) is 53.4 Å². The van der Waals surface area contributed by atoms with E-state index >= 15 is 0 Å². The number of ether oxygens (including phenoxy) is 2. The minimum absolute atomic E-state index is 0.0897. The number of hydrogen-bond acceptors (Lipinski definition) is 9. The van der Waals surface area contributed by atoms with Crippen molar-refractivity contribution in [3.63, 3.8) is 0 Å². The lowest BCUT2D eigenvalue weighted by Crippen LogP contribution is -2.28. The first kappa shape index (κ1) is 30.1. The molecular formula is C33H30N6O4S2. The van der Waals surface area contributed by atoms with Crippen molar-refractivity contribution in [3.05, 3.63) is 118 Å². The normalized spacial score (nSPS) is 14.2. The molecule has 0 unspecified atom stereocenters. The molecule has 0 saturated heterocycles. The number of rotatable bonds is 11. The number of carbonyl (C=O) groups is 2. The summed E-state index contributed by atoms with van der Waals surface area (Å²) in [7, 11) is 3.15. The van der Waals surface area contributed by atoms with Crippen LogP contribution in [0.25, 0.3) is 5.69 Å². The van der Waals surface area contributed by atoms with E-state index in [0.29, 0.717) is 28.7 Å². The molecule has 12 heteroatoms. The van der Waals surface area contributed by atoms with Crippen LogP contribution >= 0.6 is 23.1 Å². The van der Waals surface area contributed by atoms with Crippen LogP contribution in [0.15, 0.2) is 107 Å². The summed E-state index contributed by atoms with van der Waals surface area (Å²) in [5.41, 5.74) is 3.09. The van der Waals surface area contributed by atoms with E-state index in [9.17, 15) is 9.59 Å². The fraction of sp³-hybridized carbons (Fsp3) is 0.182. The predicted octanol–water partition coefficient (Wildman–Crippen LogP) is 5.75. The van der Waals surface area contributed by atoms with Crippen molar-refractivity contribution in [2.45, 2.75) is 24.2 Å². The molecule has 228 valence electrons. The molecule has 5 aromatic rings. The highest BCUT2D eigenvalue weighted by Gasteiger charge is 2.33. The SMILES string of the molecule is COc1ccc([C@H]2CC(c3cccs3)=NN2C(=O)CSc2nnc(CNC(=O)c3ccccc3OC)n2-c2ccccc2)cc1. The number of nitrogens with one attached hydrogen (secondary N) is 1. The van der Waals surface area contributed by atoms with Gasteiger partial charge in [0.25, 0.3) is 11.8 Å². The lowest BCUT2D eigenvalue weighted by Gasteiger charge is -2.22. The second-order valence-electron chi connectivity index (χ2n) is 10.00. The summed E-state index contributed by atoms with van der Waals surface area (Å²) in [6.07, 6.45) is 0.611. The maximum Gasteiger partial charge on any atom is 0.255 e. The first-order valence-corrected chi connectivity index (χ1v) is 16.0. The smallest absolute Gasteiger partial charge is 0.255 e. The second-order valence-corrected chi connectivity index (χ2v) is 11.9. The van der Waals surface area contributed by atoms with Crippen LogP contribution in [0.5, 0.6) is 11.5 Å². The zero-order valence-corrected chi connectivity index (χ0v) is 26.3. The van der Waals surface area contributed by atoms with Gasteiger partial charge in [-0.15, -0.1) is 21.5 Å². The minimum Gasteiger partial charge on any atom is -0.497 e. The zero-order valence-electron chi connectivity index (χ0n) is 24.6. The van der Waals surface area contributed by atoms with Gasteiger partial charge in [-0.1, -0.05) is 60.3 Å². The highest BCUT2D eigenvalue weighted by atomic mass is 32.2. The standard InChI is InChI=1S/C33H30N6O4S2/c1-42-24-16-14-22(15-17-24)27-19-26(29-13-8-18-44-29)37-39(27)31(40)21-45-33-36-35-30(38(33)23-9-4-3-5-10-23)20-34-32(41)25-11-6-7-12-28(25)43-2/h3-18,27H,19-21H2,1-2H3,(H,34,41)/t27-/m1/s1. The Kier molecular flexibility index (Phi) is 9.22. The molecule has 0 spiro atoms. The molecule has 3 heterocycles. The van der Waals surface area contributed by atoms with Crippen LogP contribution in [0.3, 0.4) is 0 Å². The summed E-state index contributed by atoms with van der Waals surface area (Å²) in [5.74, 6) is 1.40. The Labute approximate surface area is 268 Å². The Bertz CT molecular complexity index is 1810. The van der Waals surface area contributed by atoms with Crippen molar-refractivity contribution in [2.24, 2.45) is 5.10 Å². The first-order valence-electron chi connectivity index (χ1n) is 14.2. The number of nitrogens with zero attached hydrogens (tertiary/aromatic N) is 5. The number of hydrogen-bond donors (Lipinski definition) is 1. The molecule has 1 atom stereocenters. The van der Waals surface area contributed by atoms with E-state index in [-0.39, 0.29) is 30.2 Å². The molecule has 0 bridgehead atoms. The number of benzene rings is 3. The van der Waals surface area contributed by atoms with Gasteiger partial charge < -0.3 is 14.8 Å². The Morgan fingerprint density at radius 3 is 2.44 bits per heavy atom. The van der Waals surface area contributed by atoms with Gasteiger partial charge in [-0.25, -0.2) is 5.01 Å². The van der Waals surface area contributed by atoms with Crippen LogP contribution in [0.4, 0.5) is 0 Å². The Morgan fingerprint density at radius 2 is 1.71 bits per heavy atom. The fourth-order valence-corrected chi connectivity index (χ4v) is 6.59. The van der Waals surface area contributed by atoms with Crippen molar-refractivity contribution in [2.75, 3.05) is 20.0 Å². The summed E-state index contributed by atoms with van der Waals surface area (Å²) in [5, 5.41) is 20.6. The quantitative estimate of drug-likeness (QED) is 0.184. The van der Waals surface area contributed by atoms with Crippen LogP contribution in [0.1, 0.15) is 39.1 Å². The third kappa shape index (κ3) is 6.61. The van der Waals surface area contributed by atoms with Gasteiger partial charge in [0.15, 0.2) is 11.0 Å². The Balaban J connectivity index is 1.22. The number of thiophene rings is 1. The summed E-state index contributed by atoms with van der Waals surface area (Å²) in [4.78, 5) is 27.8. The molecule has 2 amide bonds. The average Bonchev–Trinajstić information content (AvgIpc) is 3.87. The third-order valence-electron chi connectivity index (χ3n) is 7.27. The third-order valence-corrected chi connectivity index (χ3v) is 9.10. The monoisotopic (exact) mass is 638 g/mol. The van der Waals surface area contributed by atoms with E-state index in [4.69, 9.17) is 14.6 Å². The summed E-state index contributed by atoms with van der Waals surface area (Å²) >= 11 is 2.88. The molecule has 0 aliphatic carbocycles. The highest BCUT2D eigenvalue weighted by molar-refractivity contribution is 7.99. The molecule has 10 nitrogen and oxygen atoms in total. The summed E-state index contributed by atoms with van der Waals surface area (Å²) < 4.78 is 12.5. The van der Waals surface area contributed by atoms with Crippen molar-refractivity contribution >= 4 is 40.6 Å². The van der Waals surface area contributed by atoms with E-state index in [1.165, 1.54) is 18.9 Å². The topological polar surface area (TPSA) is 111 Å². The molecule has 1 aliphatic heterocycles. The van der Waals surface area contributed by atoms with E-state index in [0.717, 1.165) is 27.6 Å². The number of methoxy groups -OCH3 is 2. The average molecular weight is 639 g/mol. The number of aromatic nitrogens is 3. The number of amides is 2. The van der Waals surface area contributed by atoms with Crippen LogP contribution in [-0.4, -0.2) is 57.3 Å². The van der Waals surface area contributed by atoms with Crippen LogP contribution < -0.4 is 14.8 Å². The van der Waals surface area contributed by atoms with Gasteiger partial charge >= 0.3 is 0 Å². The van der Waals surface area contributed by atoms with Crippen LogP contribution in [0.2, 0.25) is 0 Å². The largest absolute Gasteiger partial charge is 0.497 e. The van der Waals surface area contributed by atoms with Crippen LogP contribution in [-0.2, 0) is 11.3 Å². The maximum atomic E-state index is 13.8. The first-order chi connectivity index (χ1) is 22.1. The van der Waals surface area contributed by atoms with Crippen molar-refractivity contribution in [1.29, 1.82) is 0 Å². The van der Waals surface area contributed by atoms with E-state index in [1.54, 1.807) is 41.7 Å². The van der Waals surface area contributed by atoms with Crippen molar-refractivity contribution in [1.82, 2.24) is 25.1 Å². The molecule has 1 aliphatic rings. The molecule has 0 radical (unpaired) electrons. The highest BCUT2D eigenvalue weighted by Crippen LogP contribution is 2.35. The van der Waals surface area contributed by atoms with Crippen LogP contribution in [0, 0.1) is 0 Å². The molecule has 0 fully saturated rings. The summed E-state index contributed by atoms with van der Waals surface area (Å²) in [6.45, 7) is 0.118. The molecule has 6 rings (SSSR count). The number of para-hydroxylation sites is 2. The molecule has 0 saturated carbocycles. The number of carbonyl (C=O) groups excluding carboxylic acids is 2. The second kappa shape index (κ2) is 13.8. The number of thioether (sulfide) groups is 1. The predicted molar refractivity (Wildman–Crippen MR) is 174 cm³/mol. The van der Waals surface area contributed by atoms with Crippen molar-refractivity contribution in [3.8, 4) is 17.2 Å². The van der Waals surface area contributed by atoms with Gasteiger partial charge in [0.1, 0.15) is 11.5 Å². The lowest BCUT2D eigenvalue weighted by molar-refractivity contribution is -0.130. The number of hydrazone groups is 1. The maximum absolute atomic E-state index is 13.8. The van der Waals surface area contributed by atoms with Gasteiger partial charge in [0, 0.05) is 12.1 Å². The fourth-order valence-electron chi connectivity index (χ4n) is 5.04.